The number of benzene rings is 3. The van der Waals surface area contributed by atoms with Crippen LogP contribution in [0.15, 0.2) is 95.5 Å². The highest BCUT2D eigenvalue weighted by atomic mass is 31.3. The van der Waals surface area contributed by atoms with Crippen molar-refractivity contribution in [2.45, 2.75) is 40.0 Å². The van der Waals surface area contributed by atoms with Crippen molar-refractivity contribution in [2.75, 3.05) is 19.8 Å². The predicted molar refractivity (Wildman–Crippen MR) is 156 cm³/mol. The van der Waals surface area contributed by atoms with E-state index in [0.29, 0.717) is 37.1 Å². The van der Waals surface area contributed by atoms with Gasteiger partial charge in [-0.15, -0.1) is 4.52 Å². The van der Waals surface area contributed by atoms with E-state index in [1.807, 2.05) is 112 Å². The molecule has 3 aromatic carbocycles. The van der Waals surface area contributed by atoms with Gasteiger partial charge in [0, 0.05) is 0 Å². The maximum Gasteiger partial charge on any atom is 0.660 e. The molecule has 0 aromatic heterocycles. The second-order valence-corrected chi connectivity index (χ2v) is 12.8. The average molecular weight is 579 g/mol. The lowest BCUT2D eigenvalue weighted by atomic mass is 10.3. The van der Waals surface area contributed by atoms with E-state index in [1.165, 1.54) is 0 Å². The third kappa shape index (κ3) is 10.9. The Balaban J connectivity index is 2.03. The van der Waals surface area contributed by atoms with Crippen molar-refractivity contribution >= 4 is 24.7 Å². The van der Waals surface area contributed by atoms with E-state index in [2.05, 4.69) is 4.86 Å². The molecule has 204 valence electrons. The molecule has 0 heterocycles. The van der Waals surface area contributed by atoms with Gasteiger partial charge in [-0.3, -0.25) is 4.52 Å². The summed E-state index contributed by atoms with van der Waals surface area (Å²) in [6, 6.07) is 28.5. The Morgan fingerprint density at radius 2 is 1.26 bits per heavy atom. The second-order valence-electron chi connectivity index (χ2n) is 7.92. The molecule has 1 N–H and O–H groups in total. The Kier molecular flexibility index (Phi) is 14.0. The summed E-state index contributed by atoms with van der Waals surface area (Å²) in [5.74, 6) is 1.92. The summed E-state index contributed by atoms with van der Waals surface area (Å²) >= 11 is 0. The first kappa shape index (κ1) is 30.4. The summed E-state index contributed by atoms with van der Waals surface area (Å²) in [4.78, 5) is 3.40. The van der Waals surface area contributed by atoms with E-state index >= 15 is 0 Å². The lowest BCUT2D eigenvalue weighted by molar-refractivity contribution is 0.280. The van der Waals surface area contributed by atoms with Gasteiger partial charge in [-0.05, 0) is 60.5 Å². The first-order chi connectivity index (χ1) is 18.7. The molecule has 0 aliphatic carbocycles. The highest BCUT2D eigenvalue weighted by molar-refractivity contribution is 7.75. The molecule has 0 aliphatic heterocycles. The Morgan fingerprint density at radius 3 is 1.84 bits per heavy atom. The van der Waals surface area contributed by atoms with Crippen LogP contribution < -0.4 is 18.4 Å². The Morgan fingerprint density at radius 1 is 0.711 bits per heavy atom. The van der Waals surface area contributed by atoms with E-state index < -0.39 is 24.7 Å². The molecule has 3 unspecified atom stereocenters. The fourth-order valence-electron chi connectivity index (χ4n) is 2.82. The van der Waals surface area contributed by atoms with Gasteiger partial charge in [-0.2, -0.15) is 4.52 Å². The second kappa shape index (κ2) is 17.4. The van der Waals surface area contributed by atoms with E-state index in [4.69, 9.17) is 31.7 Å². The zero-order valence-electron chi connectivity index (χ0n) is 22.1. The minimum Gasteiger partial charge on any atom is -0.434 e. The Bertz CT molecular complexity index is 1070. The van der Waals surface area contributed by atoms with Crippen molar-refractivity contribution in [1.82, 2.24) is 4.86 Å². The van der Waals surface area contributed by atoms with Gasteiger partial charge in [-0.25, -0.2) is 4.52 Å². The summed E-state index contributed by atoms with van der Waals surface area (Å²) in [6.07, 6.45) is 2.39. The lowest BCUT2D eigenvalue weighted by Crippen LogP contribution is -2.20. The molecule has 0 saturated carbocycles. The monoisotopic (exact) mass is 578 g/mol. The predicted octanol–water partition coefficient (Wildman–Crippen LogP) is 9.49. The van der Waals surface area contributed by atoms with Crippen LogP contribution in [0.25, 0.3) is 0 Å². The number of nitrogens with one attached hydrogen (secondary N) is 1. The van der Waals surface area contributed by atoms with Gasteiger partial charge in [0.25, 0.3) is 0 Å². The Labute approximate surface area is 229 Å². The molecule has 11 heteroatoms. The summed E-state index contributed by atoms with van der Waals surface area (Å²) in [7, 11) is -6.75. The molecular weight excluding hydrogens is 541 g/mol. The van der Waals surface area contributed by atoms with Crippen LogP contribution in [-0.2, 0) is 13.6 Å². The molecule has 0 spiro atoms. The largest absolute Gasteiger partial charge is 0.660 e. The number of nitrogens with zero attached hydrogens (tertiary/aromatic N) is 1. The van der Waals surface area contributed by atoms with E-state index in [-0.39, 0.29) is 0 Å². The van der Waals surface area contributed by atoms with Crippen LogP contribution in [-0.4, -0.2) is 19.8 Å². The van der Waals surface area contributed by atoms with Crippen molar-refractivity contribution in [3.63, 3.8) is 0 Å². The zero-order chi connectivity index (χ0) is 26.9. The SMILES string of the molecule is CCCOP(N[P+](N=[P+](OCCC)Oc1ccccc1)(OCCC)Oc1ccccc1)Oc1ccccc1. The van der Waals surface area contributed by atoms with Crippen LogP contribution in [0.2, 0.25) is 0 Å². The molecule has 8 nitrogen and oxygen atoms in total. The fraction of sp³-hybridized carbons (Fsp3) is 0.333. The molecule has 0 radical (unpaired) electrons. The molecule has 3 rings (SSSR count). The van der Waals surface area contributed by atoms with Gasteiger partial charge >= 0.3 is 24.7 Å². The highest BCUT2D eigenvalue weighted by Gasteiger charge is 2.57. The first-order valence-corrected chi connectivity index (χ1v) is 16.7. The van der Waals surface area contributed by atoms with Crippen LogP contribution in [0.4, 0.5) is 0 Å². The van der Waals surface area contributed by atoms with E-state index in [0.717, 1.165) is 19.3 Å². The minimum atomic E-state index is -3.27. The smallest absolute Gasteiger partial charge is 0.434 e. The van der Waals surface area contributed by atoms with Crippen molar-refractivity contribution in [3.8, 4) is 17.2 Å². The maximum absolute atomic E-state index is 6.52. The van der Waals surface area contributed by atoms with Crippen LogP contribution in [0.5, 0.6) is 17.2 Å². The molecule has 0 amide bonds. The first-order valence-electron chi connectivity index (χ1n) is 12.8. The summed E-state index contributed by atoms with van der Waals surface area (Å²) < 4.78 is 42.6. The number of rotatable bonds is 18. The van der Waals surface area contributed by atoms with Crippen molar-refractivity contribution < 1.29 is 27.1 Å². The van der Waals surface area contributed by atoms with Crippen LogP contribution in [0.3, 0.4) is 0 Å². The fourth-order valence-corrected chi connectivity index (χ4v) is 8.72. The number of hydrogen-bond donors (Lipinski definition) is 1. The van der Waals surface area contributed by atoms with Gasteiger partial charge in [0.15, 0.2) is 11.5 Å². The molecule has 3 atom stereocenters. The van der Waals surface area contributed by atoms with Crippen molar-refractivity contribution in [3.05, 3.63) is 91.0 Å². The zero-order valence-corrected chi connectivity index (χ0v) is 24.8. The molecule has 0 bridgehead atoms. The Hall–Kier alpha value is -2.14. The summed E-state index contributed by atoms with van der Waals surface area (Å²) in [5.41, 5.74) is 0. The van der Waals surface area contributed by atoms with Gasteiger partial charge in [0.05, 0.1) is 13.2 Å². The van der Waals surface area contributed by atoms with Crippen LogP contribution in [0.1, 0.15) is 40.0 Å². The van der Waals surface area contributed by atoms with Gasteiger partial charge in [-0.1, -0.05) is 75.4 Å². The number of hydrogen-bond acceptors (Lipinski definition) is 8. The topological polar surface area (TPSA) is 79.8 Å². The normalized spacial score (nSPS) is 13.9. The number of para-hydroxylation sites is 3. The highest BCUT2D eigenvalue weighted by Crippen LogP contribution is 2.67. The third-order valence-corrected chi connectivity index (χ3v) is 10.3. The van der Waals surface area contributed by atoms with E-state index in [9.17, 15) is 0 Å². The molecule has 0 aliphatic rings. The molecule has 0 fully saturated rings. The van der Waals surface area contributed by atoms with Gasteiger partial charge in [0.2, 0.25) is 4.52 Å². The quantitative estimate of drug-likeness (QED) is 0.151. The maximum atomic E-state index is 6.52. The van der Waals surface area contributed by atoms with Crippen molar-refractivity contribution in [2.24, 2.45) is 4.52 Å². The molecular formula is C27H37N2O6P3+2. The van der Waals surface area contributed by atoms with Crippen molar-refractivity contribution in [1.29, 1.82) is 0 Å². The van der Waals surface area contributed by atoms with Gasteiger partial charge in [0.1, 0.15) is 12.4 Å². The minimum absolute atomic E-state index is 0.404. The summed E-state index contributed by atoms with van der Waals surface area (Å²) in [5, 5.41) is 0. The molecule has 38 heavy (non-hydrogen) atoms. The van der Waals surface area contributed by atoms with Crippen LogP contribution >= 0.6 is 24.7 Å². The molecule has 0 saturated heterocycles. The average Bonchev–Trinajstić information content (AvgIpc) is 2.95. The van der Waals surface area contributed by atoms with E-state index in [1.54, 1.807) is 0 Å². The lowest BCUT2D eigenvalue weighted by Gasteiger charge is -2.21. The van der Waals surface area contributed by atoms with Crippen LogP contribution in [0, 0.1) is 0 Å². The summed E-state index contributed by atoms with van der Waals surface area (Å²) in [6.45, 7) is 7.49. The molecule has 3 aromatic rings. The van der Waals surface area contributed by atoms with Gasteiger partial charge < -0.3 is 9.05 Å². The third-order valence-electron chi connectivity index (χ3n) is 4.52. The standard InChI is InChI=1S/C27H37N2O6P3/c1-4-22-30-36(33-25-16-10-7-11-17-25)28-38(32-24-6-3,35-27-20-14-9-15-21-27)29-37(31-23-5-2)34-26-18-12-8-13-19-26/h7-21,28H,4-6,22-24H2,1-3H3/q+2.